The zero-order chi connectivity index (χ0) is 23.9. The topological polar surface area (TPSA) is 58.6 Å². The highest BCUT2D eigenvalue weighted by molar-refractivity contribution is 9.10. The molecule has 0 saturated heterocycles. The molecule has 0 unspecified atom stereocenters. The van der Waals surface area contributed by atoms with Gasteiger partial charge in [-0.25, -0.2) is 0 Å². The van der Waals surface area contributed by atoms with Gasteiger partial charge in [-0.15, -0.1) is 0 Å². The summed E-state index contributed by atoms with van der Waals surface area (Å²) in [5, 5.41) is 3.02. The maximum Gasteiger partial charge on any atom is 0.261 e. The van der Waals surface area contributed by atoms with Gasteiger partial charge in [-0.3, -0.25) is 9.59 Å². The molecule has 0 fully saturated rings. The van der Waals surface area contributed by atoms with E-state index in [0.717, 1.165) is 22.0 Å². The van der Waals surface area contributed by atoms with E-state index in [1.165, 1.54) is 5.56 Å². The summed E-state index contributed by atoms with van der Waals surface area (Å²) in [6.45, 7) is 12.0. The quantitative estimate of drug-likeness (QED) is 0.497. The molecule has 2 amide bonds. The lowest BCUT2D eigenvalue weighted by Crippen LogP contribution is -2.54. The zero-order valence-corrected chi connectivity index (χ0v) is 21.6. The first-order valence-corrected chi connectivity index (χ1v) is 11.9. The van der Waals surface area contributed by atoms with E-state index in [1.807, 2.05) is 77.1 Å². The summed E-state index contributed by atoms with van der Waals surface area (Å²) in [6, 6.07) is 13.3. The van der Waals surface area contributed by atoms with E-state index in [9.17, 15) is 9.59 Å². The number of nitrogens with zero attached hydrogens (tertiary/aromatic N) is 1. The summed E-state index contributed by atoms with van der Waals surface area (Å²) < 4.78 is 6.66. The largest absolute Gasteiger partial charge is 0.483 e. The number of aryl methyl sites for hydroxylation is 2. The summed E-state index contributed by atoms with van der Waals surface area (Å²) in [5.74, 6) is 0.224. The lowest BCUT2D eigenvalue weighted by Gasteiger charge is -2.33. The van der Waals surface area contributed by atoms with Crippen LogP contribution in [0.1, 0.15) is 57.7 Å². The van der Waals surface area contributed by atoms with Crippen LogP contribution >= 0.6 is 15.9 Å². The Kier molecular flexibility index (Phi) is 9.32. The van der Waals surface area contributed by atoms with Crippen molar-refractivity contribution >= 4 is 27.7 Å². The van der Waals surface area contributed by atoms with Gasteiger partial charge in [-0.2, -0.15) is 0 Å². The average molecular weight is 503 g/mol. The second-order valence-electron chi connectivity index (χ2n) is 9.08. The molecule has 2 aromatic rings. The van der Waals surface area contributed by atoms with Crippen molar-refractivity contribution in [3.05, 3.63) is 63.6 Å². The molecule has 0 heterocycles. The average Bonchev–Trinajstić information content (AvgIpc) is 2.71. The number of carbonyl (C=O) groups is 2. The summed E-state index contributed by atoms with van der Waals surface area (Å²) in [4.78, 5) is 28.0. The zero-order valence-electron chi connectivity index (χ0n) is 20.0. The summed E-state index contributed by atoms with van der Waals surface area (Å²) in [5.41, 5.74) is 2.89. The van der Waals surface area contributed by atoms with Crippen LogP contribution < -0.4 is 10.1 Å². The van der Waals surface area contributed by atoms with Gasteiger partial charge in [-0.05, 0) is 79.7 Å². The van der Waals surface area contributed by atoms with Gasteiger partial charge in [0, 0.05) is 12.1 Å². The van der Waals surface area contributed by atoms with Crippen molar-refractivity contribution in [2.45, 2.75) is 72.5 Å². The van der Waals surface area contributed by atoms with Gasteiger partial charge >= 0.3 is 0 Å². The van der Waals surface area contributed by atoms with Crippen LogP contribution in [0.4, 0.5) is 0 Å². The monoisotopic (exact) mass is 502 g/mol. The molecule has 5 nitrogen and oxygen atoms in total. The van der Waals surface area contributed by atoms with Gasteiger partial charge in [0.25, 0.3) is 5.91 Å². The summed E-state index contributed by atoms with van der Waals surface area (Å²) in [6.07, 6.45) is 1.43. The van der Waals surface area contributed by atoms with Gasteiger partial charge in [0.15, 0.2) is 6.61 Å². The van der Waals surface area contributed by atoms with Crippen LogP contribution in [0, 0.1) is 6.92 Å². The predicted octanol–water partition coefficient (Wildman–Crippen LogP) is 5.42. The number of hydrogen-bond acceptors (Lipinski definition) is 3. The Bertz CT molecular complexity index is 937. The van der Waals surface area contributed by atoms with Gasteiger partial charge in [0.1, 0.15) is 11.8 Å². The Morgan fingerprint density at radius 1 is 1.09 bits per heavy atom. The maximum atomic E-state index is 13.3. The van der Waals surface area contributed by atoms with Crippen LogP contribution in [0.3, 0.4) is 0 Å². The fourth-order valence-corrected chi connectivity index (χ4v) is 4.02. The number of amides is 2. The first-order valence-electron chi connectivity index (χ1n) is 11.1. The van der Waals surface area contributed by atoms with Crippen LogP contribution in [0.25, 0.3) is 0 Å². The Morgan fingerprint density at radius 2 is 1.81 bits per heavy atom. The molecule has 0 aliphatic rings. The fourth-order valence-electron chi connectivity index (χ4n) is 3.48. The Balaban J connectivity index is 2.25. The number of nitrogens with one attached hydrogen (secondary N) is 1. The van der Waals surface area contributed by atoms with Crippen LogP contribution in [0.5, 0.6) is 5.75 Å². The van der Waals surface area contributed by atoms with Crippen molar-refractivity contribution in [3.8, 4) is 5.75 Å². The Hall–Kier alpha value is -2.34. The van der Waals surface area contributed by atoms with Crippen molar-refractivity contribution in [1.29, 1.82) is 0 Å². The highest BCUT2D eigenvalue weighted by atomic mass is 79.9. The van der Waals surface area contributed by atoms with Crippen molar-refractivity contribution in [1.82, 2.24) is 10.2 Å². The molecule has 0 spiro atoms. The summed E-state index contributed by atoms with van der Waals surface area (Å²) >= 11 is 3.52. The molecule has 32 heavy (non-hydrogen) atoms. The molecule has 1 N–H and O–H groups in total. The molecule has 6 heteroatoms. The van der Waals surface area contributed by atoms with Crippen LogP contribution in [0.15, 0.2) is 46.9 Å². The number of ether oxygens (including phenoxy) is 1. The minimum Gasteiger partial charge on any atom is -0.483 e. The van der Waals surface area contributed by atoms with E-state index >= 15 is 0 Å². The highest BCUT2D eigenvalue weighted by Gasteiger charge is 2.31. The van der Waals surface area contributed by atoms with E-state index < -0.39 is 6.04 Å². The van der Waals surface area contributed by atoms with E-state index in [0.29, 0.717) is 18.7 Å². The lowest BCUT2D eigenvalue weighted by atomic mass is 10.1. The predicted molar refractivity (Wildman–Crippen MR) is 133 cm³/mol. The minimum atomic E-state index is -0.586. The minimum absolute atomic E-state index is 0.144. The standard InChI is InChI=1S/C26H35BrN2O3/c1-7-19-12-13-23(21(27)15-19)32-17-24(30)29(16-20-11-9-10-18(3)14-20)22(8-2)25(31)28-26(4,5)6/h9-15,22H,7-8,16-17H2,1-6H3,(H,28,31)/t22-/m1/s1. The molecule has 2 aromatic carbocycles. The van der Waals surface area contributed by atoms with Crippen molar-refractivity contribution in [2.75, 3.05) is 6.61 Å². The number of rotatable bonds is 9. The third-order valence-electron chi connectivity index (χ3n) is 5.08. The van der Waals surface area contributed by atoms with Gasteiger partial charge in [-0.1, -0.05) is 49.7 Å². The fraction of sp³-hybridized carbons (Fsp3) is 0.462. The molecule has 174 valence electrons. The van der Waals surface area contributed by atoms with Gasteiger partial charge < -0.3 is 15.0 Å². The molecule has 0 saturated carbocycles. The molecular weight excluding hydrogens is 468 g/mol. The Labute approximate surface area is 200 Å². The van der Waals surface area contributed by atoms with Crippen LogP contribution in [0.2, 0.25) is 0 Å². The van der Waals surface area contributed by atoms with E-state index in [4.69, 9.17) is 4.74 Å². The van der Waals surface area contributed by atoms with E-state index in [-0.39, 0.29) is 24.0 Å². The van der Waals surface area contributed by atoms with Crippen molar-refractivity contribution < 1.29 is 14.3 Å². The molecule has 0 aliphatic heterocycles. The number of benzene rings is 2. The first-order chi connectivity index (χ1) is 15.0. The third kappa shape index (κ3) is 7.66. The molecule has 0 radical (unpaired) electrons. The SMILES string of the molecule is CCc1ccc(OCC(=O)N(Cc2cccc(C)c2)[C@H](CC)C(=O)NC(C)(C)C)c(Br)c1. The van der Waals surface area contributed by atoms with Gasteiger partial charge in [0.05, 0.1) is 4.47 Å². The second kappa shape index (κ2) is 11.5. The molecular formula is C26H35BrN2O3. The molecule has 0 aromatic heterocycles. The Morgan fingerprint density at radius 3 is 2.38 bits per heavy atom. The highest BCUT2D eigenvalue weighted by Crippen LogP contribution is 2.26. The van der Waals surface area contributed by atoms with Crippen molar-refractivity contribution in [3.63, 3.8) is 0 Å². The number of hydrogen-bond donors (Lipinski definition) is 1. The van der Waals surface area contributed by atoms with Crippen molar-refractivity contribution in [2.24, 2.45) is 0 Å². The lowest BCUT2D eigenvalue weighted by molar-refractivity contribution is -0.143. The molecule has 0 bridgehead atoms. The second-order valence-corrected chi connectivity index (χ2v) is 9.94. The van der Waals surface area contributed by atoms with Crippen LogP contribution in [-0.4, -0.2) is 34.9 Å². The first kappa shape index (κ1) is 25.9. The smallest absolute Gasteiger partial charge is 0.261 e. The molecule has 0 aliphatic carbocycles. The molecule has 2 rings (SSSR count). The third-order valence-corrected chi connectivity index (χ3v) is 5.69. The van der Waals surface area contributed by atoms with Crippen LogP contribution in [-0.2, 0) is 22.6 Å². The normalized spacial score (nSPS) is 12.2. The number of halogens is 1. The maximum absolute atomic E-state index is 13.3. The number of carbonyl (C=O) groups excluding carboxylic acids is 2. The molecule has 1 atom stereocenters. The van der Waals surface area contributed by atoms with E-state index in [2.05, 4.69) is 28.2 Å². The van der Waals surface area contributed by atoms with E-state index in [1.54, 1.807) is 4.90 Å². The summed E-state index contributed by atoms with van der Waals surface area (Å²) in [7, 11) is 0. The van der Waals surface area contributed by atoms with Gasteiger partial charge in [0.2, 0.25) is 5.91 Å².